The third kappa shape index (κ3) is 3.85. The zero-order valence-corrected chi connectivity index (χ0v) is 12.2. The molecule has 2 amide bonds. The second-order valence-electron chi connectivity index (χ2n) is 5.85. The van der Waals surface area contributed by atoms with Gasteiger partial charge in [-0.3, -0.25) is 9.69 Å². The zero-order valence-electron chi connectivity index (χ0n) is 12.2. The normalized spacial score (nSPS) is 22.1. The maximum absolute atomic E-state index is 12.0. The van der Waals surface area contributed by atoms with Crippen LogP contribution in [0.1, 0.15) is 32.6 Å². The Morgan fingerprint density at radius 3 is 2.40 bits per heavy atom. The number of carbonyl (C=O) groups excluding carboxylic acids is 1. The molecular formula is C14H25N3O3. The van der Waals surface area contributed by atoms with Crippen LogP contribution in [0.25, 0.3) is 0 Å². The van der Waals surface area contributed by atoms with Crippen molar-refractivity contribution in [2.24, 2.45) is 5.92 Å². The van der Waals surface area contributed by atoms with Gasteiger partial charge < -0.3 is 15.3 Å². The number of rotatable bonds is 5. The first kappa shape index (κ1) is 15.1. The predicted molar refractivity (Wildman–Crippen MR) is 75.6 cm³/mol. The summed E-state index contributed by atoms with van der Waals surface area (Å²) in [6, 6.07) is -0.481. The number of piperazine rings is 1. The first-order valence-electron chi connectivity index (χ1n) is 7.57. The summed E-state index contributed by atoms with van der Waals surface area (Å²) in [4.78, 5) is 26.6. The number of aliphatic carboxylic acids is 1. The molecule has 0 spiro atoms. The number of urea groups is 1. The van der Waals surface area contributed by atoms with Gasteiger partial charge in [0.25, 0.3) is 0 Å². The largest absolute Gasteiger partial charge is 0.480 e. The number of nitrogens with zero attached hydrogens (tertiary/aromatic N) is 2. The van der Waals surface area contributed by atoms with E-state index in [0.717, 1.165) is 18.9 Å². The van der Waals surface area contributed by atoms with Gasteiger partial charge in [-0.15, -0.1) is 0 Å². The molecule has 1 heterocycles. The van der Waals surface area contributed by atoms with Gasteiger partial charge in [-0.05, 0) is 19.3 Å². The van der Waals surface area contributed by atoms with Gasteiger partial charge in [0.2, 0.25) is 0 Å². The van der Waals surface area contributed by atoms with Crippen LogP contribution < -0.4 is 5.32 Å². The molecule has 1 saturated heterocycles. The van der Waals surface area contributed by atoms with Gasteiger partial charge in [0, 0.05) is 32.7 Å². The number of hydrogen-bond acceptors (Lipinski definition) is 3. The minimum Gasteiger partial charge on any atom is -0.480 e. The summed E-state index contributed by atoms with van der Waals surface area (Å²) >= 11 is 0. The molecule has 2 rings (SSSR count). The van der Waals surface area contributed by atoms with E-state index >= 15 is 0 Å². The molecule has 2 fully saturated rings. The Bertz CT molecular complexity index is 350. The van der Waals surface area contributed by atoms with Crippen LogP contribution in [-0.2, 0) is 4.79 Å². The fourth-order valence-electron chi connectivity index (χ4n) is 2.74. The summed E-state index contributed by atoms with van der Waals surface area (Å²) in [5.41, 5.74) is 0. The van der Waals surface area contributed by atoms with Crippen molar-refractivity contribution in [1.29, 1.82) is 0 Å². The molecule has 20 heavy (non-hydrogen) atoms. The van der Waals surface area contributed by atoms with E-state index in [1.54, 1.807) is 11.8 Å². The second kappa shape index (κ2) is 6.92. The molecule has 1 unspecified atom stereocenters. The highest BCUT2D eigenvalue weighted by Gasteiger charge is 2.27. The van der Waals surface area contributed by atoms with E-state index in [1.165, 1.54) is 19.3 Å². The topological polar surface area (TPSA) is 72.9 Å². The van der Waals surface area contributed by atoms with Gasteiger partial charge in [-0.1, -0.05) is 19.3 Å². The average molecular weight is 283 g/mol. The Morgan fingerprint density at radius 2 is 1.90 bits per heavy atom. The van der Waals surface area contributed by atoms with Crippen LogP contribution in [0.5, 0.6) is 0 Å². The first-order chi connectivity index (χ1) is 9.58. The van der Waals surface area contributed by atoms with Crippen LogP contribution >= 0.6 is 0 Å². The monoisotopic (exact) mass is 283 g/mol. The lowest BCUT2D eigenvalue weighted by Gasteiger charge is -2.36. The van der Waals surface area contributed by atoms with E-state index in [9.17, 15) is 9.59 Å². The first-order valence-corrected chi connectivity index (χ1v) is 7.57. The summed E-state index contributed by atoms with van der Waals surface area (Å²) in [7, 11) is 0. The third-order valence-electron chi connectivity index (χ3n) is 4.56. The van der Waals surface area contributed by atoms with E-state index in [4.69, 9.17) is 5.11 Å². The third-order valence-corrected chi connectivity index (χ3v) is 4.56. The molecule has 0 radical (unpaired) electrons. The highest BCUT2D eigenvalue weighted by molar-refractivity contribution is 5.74. The van der Waals surface area contributed by atoms with E-state index in [0.29, 0.717) is 26.2 Å². The van der Waals surface area contributed by atoms with Gasteiger partial charge >= 0.3 is 12.0 Å². The predicted octanol–water partition coefficient (Wildman–Crippen LogP) is 0.977. The highest BCUT2D eigenvalue weighted by Crippen LogP contribution is 2.28. The summed E-state index contributed by atoms with van der Waals surface area (Å²) in [6.45, 7) is 4.92. The minimum atomic E-state index is -0.802. The Morgan fingerprint density at radius 1 is 1.25 bits per heavy atom. The van der Waals surface area contributed by atoms with Crippen LogP contribution in [-0.4, -0.2) is 65.7 Å². The molecular weight excluding hydrogens is 258 g/mol. The molecule has 1 aliphatic heterocycles. The van der Waals surface area contributed by atoms with E-state index in [1.807, 2.05) is 4.90 Å². The van der Waals surface area contributed by atoms with Crippen molar-refractivity contribution in [3.8, 4) is 0 Å². The fraction of sp³-hybridized carbons (Fsp3) is 0.857. The lowest BCUT2D eigenvalue weighted by molar-refractivity contribution is -0.143. The van der Waals surface area contributed by atoms with Gasteiger partial charge in [0.1, 0.15) is 6.04 Å². The maximum Gasteiger partial charge on any atom is 0.320 e. The van der Waals surface area contributed by atoms with Crippen molar-refractivity contribution in [3.05, 3.63) is 0 Å². The van der Waals surface area contributed by atoms with Crippen LogP contribution in [0, 0.1) is 5.92 Å². The molecule has 0 aromatic rings. The molecule has 2 aliphatic rings. The Balaban J connectivity index is 1.64. The van der Waals surface area contributed by atoms with Crippen LogP contribution in [0.4, 0.5) is 4.79 Å². The Hall–Kier alpha value is -1.30. The van der Waals surface area contributed by atoms with Crippen molar-refractivity contribution < 1.29 is 14.7 Å². The van der Waals surface area contributed by atoms with E-state index in [-0.39, 0.29) is 6.03 Å². The molecule has 1 atom stereocenters. The average Bonchev–Trinajstić information content (AvgIpc) is 2.40. The Kier molecular flexibility index (Phi) is 5.23. The zero-order chi connectivity index (χ0) is 14.5. The number of carboxylic acid groups (broad SMARTS) is 1. The van der Waals surface area contributed by atoms with Crippen LogP contribution in [0.2, 0.25) is 0 Å². The SMILES string of the molecule is CC(C(=O)O)N1CCN(C(=O)NCCC2CCC2)CC1. The van der Waals surface area contributed by atoms with Crippen LogP contribution in [0.15, 0.2) is 0 Å². The van der Waals surface area contributed by atoms with Crippen LogP contribution in [0.3, 0.4) is 0 Å². The Labute approximate surface area is 120 Å². The maximum atomic E-state index is 12.0. The van der Waals surface area contributed by atoms with Gasteiger partial charge in [-0.2, -0.15) is 0 Å². The number of carboxylic acids is 1. The van der Waals surface area contributed by atoms with E-state index in [2.05, 4.69) is 5.32 Å². The minimum absolute atomic E-state index is 0.00745. The molecule has 6 nitrogen and oxygen atoms in total. The molecule has 0 aromatic carbocycles. The molecule has 1 saturated carbocycles. The number of nitrogens with one attached hydrogen (secondary N) is 1. The summed E-state index contributed by atoms with van der Waals surface area (Å²) in [5, 5.41) is 11.9. The smallest absolute Gasteiger partial charge is 0.320 e. The molecule has 6 heteroatoms. The standard InChI is InChI=1S/C14H25N3O3/c1-11(13(18)19)16-7-9-17(10-8-16)14(20)15-6-5-12-3-2-4-12/h11-12H,2-10H2,1H3,(H,15,20)(H,18,19). The van der Waals surface area contributed by atoms with Crippen molar-refractivity contribution >= 4 is 12.0 Å². The summed E-state index contributed by atoms with van der Waals surface area (Å²) in [6.07, 6.45) is 5.04. The molecule has 2 N–H and O–H groups in total. The molecule has 0 bridgehead atoms. The van der Waals surface area contributed by atoms with Crippen molar-refractivity contribution in [2.75, 3.05) is 32.7 Å². The fourth-order valence-corrected chi connectivity index (χ4v) is 2.74. The quantitative estimate of drug-likeness (QED) is 0.789. The molecule has 1 aliphatic carbocycles. The number of amides is 2. The molecule has 0 aromatic heterocycles. The lowest BCUT2D eigenvalue weighted by Crippen LogP contribution is -2.55. The summed E-state index contributed by atoms with van der Waals surface area (Å²) in [5.74, 6) is 0.00645. The van der Waals surface area contributed by atoms with Crippen molar-refractivity contribution in [2.45, 2.75) is 38.6 Å². The van der Waals surface area contributed by atoms with Gasteiger partial charge in [0.05, 0.1) is 0 Å². The molecule has 114 valence electrons. The number of carbonyl (C=O) groups is 2. The number of hydrogen-bond donors (Lipinski definition) is 2. The van der Waals surface area contributed by atoms with Crippen molar-refractivity contribution in [1.82, 2.24) is 15.1 Å². The van der Waals surface area contributed by atoms with E-state index < -0.39 is 12.0 Å². The second-order valence-corrected chi connectivity index (χ2v) is 5.85. The highest BCUT2D eigenvalue weighted by atomic mass is 16.4. The lowest BCUT2D eigenvalue weighted by atomic mass is 9.83. The van der Waals surface area contributed by atoms with Crippen molar-refractivity contribution in [3.63, 3.8) is 0 Å². The summed E-state index contributed by atoms with van der Waals surface area (Å²) < 4.78 is 0. The van der Waals surface area contributed by atoms with Gasteiger partial charge in [0.15, 0.2) is 0 Å². The van der Waals surface area contributed by atoms with Gasteiger partial charge in [-0.25, -0.2) is 4.79 Å².